The van der Waals surface area contributed by atoms with Crippen molar-refractivity contribution < 1.29 is 45.9 Å². The predicted molar refractivity (Wildman–Crippen MR) is 136 cm³/mol. The lowest BCUT2D eigenvalue weighted by Gasteiger charge is -2.33. The Morgan fingerprint density at radius 3 is 2.42 bits per heavy atom. The van der Waals surface area contributed by atoms with Crippen LogP contribution in [0.1, 0.15) is 42.2 Å². The number of rotatable bonds is 8. The molecule has 1 saturated heterocycles. The van der Waals surface area contributed by atoms with Crippen LogP contribution in [-0.2, 0) is 17.1 Å². The van der Waals surface area contributed by atoms with Crippen molar-refractivity contribution in [2.24, 2.45) is 5.92 Å². The molecule has 16 heteroatoms. The maximum Gasteiger partial charge on any atom is 0.434 e. The lowest BCUT2D eigenvalue weighted by atomic mass is 9.94. The molecular formula is C27H24F6N6O4. The first kappa shape index (κ1) is 30.2. The van der Waals surface area contributed by atoms with Crippen LogP contribution in [0.5, 0.6) is 0 Å². The van der Waals surface area contributed by atoms with Gasteiger partial charge in [-0.15, -0.1) is 0 Å². The van der Waals surface area contributed by atoms with E-state index >= 15 is 0 Å². The number of halogens is 6. The first-order chi connectivity index (χ1) is 20.3. The number of carboxylic acids is 1. The molecule has 2 N–H and O–H groups in total. The second-order valence-corrected chi connectivity index (χ2v) is 10.1. The predicted octanol–water partition coefficient (Wildman–Crippen LogP) is 5.24. The minimum absolute atomic E-state index is 0.0180. The average Bonchev–Trinajstić information content (AvgIpc) is 3.61. The zero-order chi connectivity index (χ0) is 30.9. The van der Waals surface area contributed by atoms with Crippen molar-refractivity contribution >= 4 is 5.97 Å². The molecule has 10 nitrogen and oxygen atoms in total. The van der Waals surface area contributed by atoms with E-state index in [9.17, 15) is 36.2 Å². The number of aliphatic hydroxyl groups is 1. The van der Waals surface area contributed by atoms with Crippen molar-refractivity contribution in [1.29, 1.82) is 0 Å². The van der Waals surface area contributed by atoms with E-state index < -0.39 is 53.0 Å². The maximum atomic E-state index is 14.1. The number of nitrogens with zero attached hydrogens (tertiary/aromatic N) is 6. The number of hydrogen-bond donors (Lipinski definition) is 2. The van der Waals surface area contributed by atoms with Gasteiger partial charge in [0.1, 0.15) is 0 Å². The van der Waals surface area contributed by atoms with E-state index in [-0.39, 0.29) is 18.2 Å². The van der Waals surface area contributed by atoms with E-state index in [2.05, 4.69) is 20.2 Å². The SMILES string of the molecule is O=C(O)C[C@H]1CCCN(C[C@@H](O)c2ccc(-c3noc(-c4cnn(-c5ccc(C(F)(F)F)cn5)c4C(F)(F)F)n3)cc2)C1. The fraction of sp³-hybridized carbons (Fsp3) is 0.370. The molecule has 0 aliphatic carbocycles. The van der Waals surface area contributed by atoms with Crippen molar-refractivity contribution in [3.05, 3.63) is 65.6 Å². The number of hydrogen-bond acceptors (Lipinski definition) is 8. The molecule has 1 aromatic carbocycles. The highest BCUT2D eigenvalue weighted by molar-refractivity contribution is 5.67. The fourth-order valence-electron chi connectivity index (χ4n) is 5.02. The van der Waals surface area contributed by atoms with Crippen LogP contribution < -0.4 is 0 Å². The van der Waals surface area contributed by atoms with Gasteiger partial charge in [-0.1, -0.05) is 29.4 Å². The number of pyridine rings is 1. The minimum atomic E-state index is -5.01. The molecule has 0 bridgehead atoms. The molecule has 0 amide bonds. The summed E-state index contributed by atoms with van der Waals surface area (Å²) in [7, 11) is 0. The molecule has 1 aliphatic heterocycles. The summed E-state index contributed by atoms with van der Waals surface area (Å²) >= 11 is 0. The molecule has 1 fully saturated rings. The van der Waals surface area contributed by atoms with Crippen LogP contribution in [0.25, 0.3) is 28.7 Å². The minimum Gasteiger partial charge on any atom is -0.481 e. The van der Waals surface area contributed by atoms with E-state index in [1.165, 1.54) is 0 Å². The van der Waals surface area contributed by atoms with Crippen molar-refractivity contribution in [3.8, 4) is 28.7 Å². The van der Waals surface area contributed by atoms with E-state index in [0.717, 1.165) is 31.6 Å². The quantitative estimate of drug-likeness (QED) is 0.257. The highest BCUT2D eigenvalue weighted by atomic mass is 19.4. The number of alkyl halides is 6. The van der Waals surface area contributed by atoms with Gasteiger partial charge in [-0.3, -0.25) is 4.79 Å². The number of aromatic nitrogens is 5. The smallest absolute Gasteiger partial charge is 0.434 e. The zero-order valence-corrected chi connectivity index (χ0v) is 22.2. The van der Waals surface area contributed by atoms with Crippen LogP contribution in [0, 0.1) is 5.92 Å². The largest absolute Gasteiger partial charge is 0.481 e. The lowest BCUT2D eigenvalue weighted by Crippen LogP contribution is -2.38. The highest BCUT2D eigenvalue weighted by Gasteiger charge is 2.41. The fourth-order valence-corrected chi connectivity index (χ4v) is 5.02. The molecule has 0 spiro atoms. The lowest BCUT2D eigenvalue weighted by molar-refractivity contribution is -0.142. The molecule has 2 atom stereocenters. The van der Waals surface area contributed by atoms with Crippen LogP contribution in [-0.4, -0.2) is 65.6 Å². The van der Waals surface area contributed by atoms with Gasteiger partial charge < -0.3 is 19.6 Å². The van der Waals surface area contributed by atoms with Crippen LogP contribution in [0.2, 0.25) is 0 Å². The molecule has 4 aromatic rings. The van der Waals surface area contributed by atoms with Gasteiger partial charge in [0.2, 0.25) is 5.82 Å². The van der Waals surface area contributed by atoms with Crippen molar-refractivity contribution in [2.75, 3.05) is 19.6 Å². The molecular weight excluding hydrogens is 586 g/mol. The Balaban J connectivity index is 1.33. The van der Waals surface area contributed by atoms with Crippen molar-refractivity contribution in [3.63, 3.8) is 0 Å². The number of benzene rings is 1. The summed E-state index contributed by atoms with van der Waals surface area (Å²) in [6, 6.07) is 7.73. The van der Waals surface area contributed by atoms with Gasteiger partial charge in [-0.05, 0) is 43.0 Å². The first-order valence-electron chi connectivity index (χ1n) is 13.0. The molecule has 1 aliphatic rings. The molecule has 3 aromatic heterocycles. The third-order valence-electron chi connectivity index (χ3n) is 7.04. The number of piperidine rings is 1. The Morgan fingerprint density at radius 2 is 1.79 bits per heavy atom. The number of likely N-dealkylation sites (tertiary alicyclic amines) is 1. The van der Waals surface area contributed by atoms with Crippen molar-refractivity contribution in [2.45, 2.75) is 37.7 Å². The monoisotopic (exact) mass is 610 g/mol. The molecule has 43 heavy (non-hydrogen) atoms. The number of carboxylic acid groups (broad SMARTS) is 1. The maximum absolute atomic E-state index is 14.1. The van der Waals surface area contributed by atoms with E-state index in [0.29, 0.717) is 41.2 Å². The summed E-state index contributed by atoms with van der Waals surface area (Å²) < 4.78 is 86.2. The van der Waals surface area contributed by atoms with Gasteiger partial charge >= 0.3 is 18.3 Å². The Morgan fingerprint density at radius 1 is 1.05 bits per heavy atom. The summed E-state index contributed by atoms with van der Waals surface area (Å²) in [6.07, 6.45) is -7.65. The number of β-amino-alcohol motifs (C(OH)–C–C–N with tert-alkyl or cyclic N) is 1. The average molecular weight is 611 g/mol. The molecule has 228 valence electrons. The second-order valence-electron chi connectivity index (χ2n) is 10.1. The molecule has 0 unspecified atom stereocenters. The van der Waals surface area contributed by atoms with E-state index in [1.54, 1.807) is 24.3 Å². The van der Waals surface area contributed by atoms with Gasteiger partial charge in [-0.25, -0.2) is 9.67 Å². The second kappa shape index (κ2) is 11.8. The van der Waals surface area contributed by atoms with E-state index in [1.807, 2.05) is 4.90 Å². The Labute approximate surface area is 239 Å². The standard InChI is InChI=1S/C27H24F6N6O4/c28-26(29,30)18-7-8-21(34-11-18)39-23(27(31,32)33)19(12-35-39)25-36-24(37-43-25)17-5-3-16(4-6-17)20(40)14-38-9-1-2-15(13-38)10-22(41)42/h3-8,11-12,15,20,40H,1-2,9-10,13-14H2,(H,41,42)/t15-,20-/m1/s1. The van der Waals surface area contributed by atoms with Crippen LogP contribution in [0.4, 0.5) is 26.3 Å². The van der Waals surface area contributed by atoms with E-state index in [4.69, 9.17) is 9.63 Å². The van der Waals surface area contributed by atoms with Crippen LogP contribution in [0.3, 0.4) is 0 Å². The Hall–Kier alpha value is -4.31. The third-order valence-corrected chi connectivity index (χ3v) is 7.04. The molecule has 0 radical (unpaired) electrons. The van der Waals surface area contributed by atoms with Crippen LogP contribution >= 0.6 is 0 Å². The van der Waals surface area contributed by atoms with Gasteiger partial charge in [0.05, 0.1) is 23.4 Å². The summed E-state index contributed by atoms with van der Waals surface area (Å²) in [5, 5.41) is 27.2. The topological polar surface area (TPSA) is 130 Å². The summed E-state index contributed by atoms with van der Waals surface area (Å²) in [5.41, 5.74) is -2.14. The van der Waals surface area contributed by atoms with Gasteiger partial charge in [0.15, 0.2) is 11.5 Å². The zero-order valence-electron chi connectivity index (χ0n) is 22.2. The molecule has 4 heterocycles. The van der Waals surface area contributed by atoms with Crippen LogP contribution in [0.15, 0.2) is 53.3 Å². The van der Waals surface area contributed by atoms with Gasteiger partial charge in [-0.2, -0.15) is 36.4 Å². The number of carbonyl (C=O) groups is 1. The number of aliphatic hydroxyl groups excluding tert-OH is 1. The van der Waals surface area contributed by atoms with Gasteiger partial charge in [0, 0.05) is 31.3 Å². The summed E-state index contributed by atoms with van der Waals surface area (Å²) in [5.74, 6) is -1.90. The van der Waals surface area contributed by atoms with Crippen molar-refractivity contribution in [1.82, 2.24) is 29.8 Å². The van der Waals surface area contributed by atoms with Gasteiger partial charge in [0.25, 0.3) is 5.89 Å². The third kappa shape index (κ3) is 6.85. The Bertz CT molecular complexity index is 1570. The molecule has 0 saturated carbocycles. The highest BCUT2D eigenvalue weighted by Crippen LogP contribution is 2.38. The number of aliphatic carboxylic acids is 1. The Kier molecular flexibility index (Phi) is 8.25. The summed E-state index contributed by atoms with van der Waals surface area (Å²) in [4.78, 5) is 20.6. The first-order valence-corrected chi connectivity index (χ1v) is 13.0. The molecule has 5 rings (SSSR count). The summed E-state index contributed by atoms with van der Waals surface area (Å²) in [6.45, 7) is 1.61. The normalized spacial score (nSPS) is 17.2.